The van der Waals surface area contributed by atoms with Gasteiger partial charge in [0.2, 0.25) is 11.8 Å². The number of aromatic nitrogens is 1. The van der Waals surface area contributed by atoms with Gasteiger partial charge in [-0.25, -0.2) is 4.79 Å². The van der Waals surface area contributed by atoms with Gasteiger partial charge >= 0.3 is 5.76 Å². The predicted octanol–water partition coefficient (Wildman–Crippen LogP) is 0.0742. The number of carbonyl (C=O) groups excluding carboxylic acids is 3. The molecule has 2 aliphatic heterocycles. The maximum absolute atomic E-state index is 12.8. The van der Waals surface area contributed by atoms with Gasteiger partial charge in [-0.05, 0) is 31.0 Å². The first-order valence-corrected chi connectivity index (χ1v) is 9.01. The van der Waals surface area contributed by atoms with Crippen LogP contribution in [0, 0.1) is 0 Å². The molecule has 0 saturated carbocycles. The highest BCUT2D eigenvalue weighted by Gasteiger charge is 2.32. The summed E-state index contributed by atoms with van der Waals surface area (Å²) in [4.78, 5) is 54.0. The minimum atomic E-state index is -0.558. The minimum Gasteiger partial charge on any atom is -0.408 e. The molecule has 0 radical (unpaired) electrons. The van der Waals surface area contributed by atoms with E-state index in [9.17, 15) is 19.2 Å². The molecule has 1 atom stereocenters. The van der Waals surface area contributed by atoms with Gasteiger partial charge in [-0.15, -0.1) is 0 Å². The first kappa shape index (κ1) is 17.3. The summed E-state index contributed by atoms with van der Waals surface area (Å²) in [5.74, 6) is -0.875. The van der Waals surface area contributed by atoms with Crippen LogP contribution in [0.2, 0.25) is 0 Å². The molecule has 9 heteroatoms. The molecule has 0 bridgehead atoms. The number of benzene rings is 1. The Balaban J connectivity index is 1.43. The molecule has 1 aromatic carbocycles. The number of nitrogens with one attached hydrogen (secondary N) is 2. The molecule has 2 aromatic rings. The van der Waals surface area contributed by atoms with Crippen LogP contribution in [0.15, 0.2) is 27.4 Å². The second-order valence-corrected chi connectivity index (χ2v) is 6.86. The minimum absolute atomic E-state index is 0.0764. The van der Waals surface area contributed by atoms with Crippen LogP contribution in [0.3, 0.4) is 0 Å². The van der Waals surface area contributed by atoms with Crippen LogP contribution >= 0.6 is 0 Å². The second kappa shape index (κ2) is 6.90. The zero-order valence-corrected chi connectivity index (χ0v) is 14.7. The van der Waals surface area contributed by atoms with Gasteiger partial charge in [0.05, 0.1) is 5.52 Å². The Morgan fingerprint density at radius 1 is 1.07 bits per heavy atom. The summed E-state index contributed by atoms with van der Waals surface area (Å²) < 4.78 is 4.95. The van der Waals surface area contributed by atoms with E-state index in [0.717, 1.165) is 0 Å². The molecule has 4 rings (SSSR count). The number of nitrogens with zero attached hydrogens (tertiary/aromatic N) is 2. The van der Waals surface area contributed by atoms with Gasteiger partial charge < -0.3 is 19.5 Å². The smallest absolute Gasteiger partial charge is 0.408 e. The molecular formula is C18H20N4O5. The molecule has 0 spiro atoms. The van der Waals surface area contributed by atoms with Gasteiger partial charge in [-0.2, -0.15) is 0 Å². The van der Waals surface area contributed by atoms with Gasteiger partial charge in [-0.1, -0.05) is 0 Å². The maximum atomic E-state index is 12.8. The van der Waals surface area contributed by atoms with Crippen LogP contribution in [-0.2, 0) is 9.59 Å². The van der Waals surface area contributed by atoms with E-state index in [1.165, 1.54) is 0 Å². The Morgan fingerprint density at radius 3 is 2.63 bits per heavy atom. The number of hydrogen-bond acceptors (Lipinski definition) is 5. The van der Waals surface area contributed by atoms with Crippen molar-refractivity contribution < 1.29 is 18.8 Å². The fourth-order valence-corrected chi connectivity index (χ4v) is 3.63. The number of carbonyl (C=O) groups is 3. The summed E-state index contributed by atoms with van der Waals surface area (Å²) in [7, 11) is 0. The van der Waals surface area contributed by atoms with E-state index in [4.69, 9.17) is 4.42 Å². The zero-order chi connectivity index (χ0) is 19.0. The van der Waals surface area contributed by atoms with Crippen molar-refractivity contribution in [1.82, 2.24) is 20.1 Å². The van der Waals surface area contributed by atoms with E-state index >= 15 is 0 Å². The van der Waals surface area contributed by atoms with E-state index in [1.54, 1.807) is 28.0 Å². The third-order valence-corrected chi connectivity index (χ3v) is 5.05. The van der Waals surface area contributed by atoms with Crippen molar-refractivity contribution in [3.05, 3.63) is 34.3 Å². The SMILES string of the molecule is O=C1CCC(C(=O)N2CCCN(C(=O)c3ccc4oc(=O)[nH]c4c3)CC2)N1. The van der Waals surface area contributed by atoms with Crippen molar-refractivity contribution in [1.29, 1.82) is 0 Å². The molecule has 1 unspecified atom stereocenters. The molecule has 0 aliphatic carbocycles. The highest BCUT2D eigenvalue weighted by molar-refractivity contribution is 5.97. The third-order valence-electron chi connectivity index (χ3n) is 5.05. The molecule has 3 heterocycles. The van der Waals surface area contributed by atoms with E-state index in [-0.39, 0.29) is 17.7 Å². The fourth-order valence-electron chi connectivity index (χ4n) is 3.63. The molecule has 1 aromatic heterocycles. The van der Waals surface area contributed by atoms with Gasteiger partial charge in [0.15, 0.2) is 5.58 Å². The van der Waals surface area contributed by atoms with Crippen molar-refractivity contribution in [3.8, 4) is 0 Å². The number of oxazole rings is 1. The van der Waals surface area contributed by atoms with Crippen LogP contribution in [0.4, 0.5) is 0 Å². The Morgan fingerprint density at radius 2 is 1.85 bits per heavy atom. The Hall–Kier alpha value is -3.10. The van der Waals surface area contributed by atoms with Gasteiger partial charge in [0.1, 0.15) is 6.04 Å². The average molecular weight is 372 g/mol. The van der Waals surface area contributed by atoms with Gasteiger partial charge in [-0.3, -0.25) is 19.4 Å². The van der Waals surface area contributed by atoms with Crippen LogP contribution in [0.5, 0.6) is 0 Å². The number of H-pyrrole nitrogens is 1. The van der Waals surface area contributed by atoms with Crippen LogP contribution in [-0.4, -0.2) is 64.7 Å². The lowest BCUT2D eigenvalue weighted by molar-refractivity contribution is -0.134. The largest absolute Gasteiger partial charge is 0.417 e. The fraction of sp³-hybridized carbons (Fsp3) is 0.444. The summed E-state index contributed by atoms with van der Waals surface area (Å²) >= 11 is 0. The summed E-state index contributed by atoms with van der Waals surface area (Å²) in [5, 5.41) is 2.70. The highest BCUT2D eigenvalue weighted by Crippen LogP contribution is 2.16. The molecule has 2 saturated heterocycles. The van der Waals surface area contributed by atoms with Crippen molar-refractivity contribution in [2.24, 2.45) is 0 Å². The Labute approximate surface area is 154 Å². The molecule has 9 nitrogen and oxygen atoms in total. The first-order valence-electron chi connectivity index (χ1n) is 9.01. The lowest BCUT2D eigenvalue weighted by atomic mass is 10.1. The molecular weight excluding hydrogens is 352 g/mol. The van der Waals surface area contributed by atoms with Crippen molar-refractivity contribution in [3.63, 3.8) is 0 Å². The number of fused-ring (bicyclic) bond motifs is 1. The lowest BCUT2D eigenvalue weighted by Crippen LogP contribution is -2.46. The van der Waals surface area contributed by atoms with E-state index in [2.05, 4.69) is 10.3 Å². The van der Waals surface area contributed by atoms with Gasteiger partial charge in [0, 0.05) is 38.2 Å². The number of hydrogen-bond donors (Lipinski definition) is 2. The van der Waals surface area contributed by atoms with Crippen molar-refractivity contribution in [2.45, 2.75) is 25.3 Å². The van der Waals surface area contributed by atoms with Crippen LogP contribution in [0.1, 0.15) is 29.6 Å². The van der Waals surface area contributed by atoms with Crippen LogP contribution < -0.4 is 11.1 Å². The summed E-state index contributed by atoms with van der Waals surface area (Å²) in [6.07, 6.45) is 1.58. The molecule has 2 aliphatic rings. The molecule has 2 fully saturated rings. The van der Waals surface area contributed by atoms with E-state index < -0.39 is 11.8 Å². The zero-order valence-electron chi connectivity index (χ0n) is 14.7. The Kier molecular flexibility index (Phi) is 4.43. The molecule has 3 amide bonds. The summed E-state index contributed by atoms with van der Waals surface area (Å²) in [5.41, 5.74) is 1.35. The molecule has 2 N–H and O–H groups in total. The maximum Gasteiger partial charge on any atom is 0.417 e. The van der Waals surface area contributed by atoms with Crippen molar-refractivity contribution in [2.75, 3.05) is 26.2 Å². The van der Waals surface area contributed by atoms with Gasteiger partial charge in [0.25, 0.3) is 5.91 Å². The topological polar surface area (TPSA) is 116 Å². The number of amides is 3. The van der Waals surface area contributed by atoms with Crippen molar-refractivity contribution >= 4 is 28.8 Å². The quantitative estimate of drug-likeness (QED) is 0.774. The second-order valence-electron chi connectivity index (χ2n) is 6.86. The summed E-state index contributed by atoms with van der Waals surface area (Å²) in [6.45, 7) is 1.95. The Bertz CT molecular complexity index is 962. The third kappa shape index (κ3) is 3.44. The normalized spacial score (nSPS) is 20.6. The van der Waals surface area contributed by atoms with E-state index in [1.807, 2.05) is 0 Å². The molecule has 142 valence electrons. The lowest BCUT2D eigenvalue weighted by Gasteiger charge is -2.24. The van der Waals surface area contributed by atoms with Crippen LogP contribution in [0.25, 0.3) is 11.1 Å². The number of aromatic amines is 1. The summed E-state index contributed by atoms with van der Waals surface area (Å²) in [6, 6.07) is 4.38. The first-order chi connectivity index (χ1) is 13.0. The predicted molar refractivity (Wildman–Crippen MR) is 95.1 cm³/mol. The standard InChI is InChI=1S/C18H20N4O5/c23-15-5-3-12(19-15)17(25)22-7-1-6-21(8-9-22)16(24)11-2-4-14-13(10-11)20-18(26)27-14/h2,4,10,12H,1,3,5-9H2,(H,19,23)(H,20,26). The average Bonchev–Trinajstić information content (AvgIpc) is 3.16. The number of rotatable bonds is 2. The highest BCUT2D eigenvalue weighted by atomic mass is 16.4. The monoisotopic (exact) mass is 372 g/mol. The van der Waals surface area contributed by atoms with E-state index in [0.29, 0.717) is 62.1 Å². The molecule has 27 heavy (non-hydrogen) atoms.